The van der Waals surface area contributed by atoms with Crippen LogP contribution >= 0.6 is 11.3 Å². The van der Waals surface area contributed by atoms with Gasteiger partial charge in [0.2, 0.25) is 6.29 Å². The second kappa shape index (κ2) is 7.01. The maximum absolute atomic E-state index is 10.0. The van der Waals surface area contributed by atoms with Gasteiger partial charge in [0.15, 0.2) is 5.13 Å². The van der Waals surface area contributed by atoms with Crippen molar-refractivity contribution >= 4 is 22.8 Å². The third kappa shape index (κ3) is 3.87. The van der Waals surface area contributed by atoms with Crippen LogP contribution in [-0.4, -0.2) is 30.9 Å². The number of rotatable bonds is 7. The van der Waals surface area contributed by atoms with Crippen molar-refractivity contribution in [2.75, 3.05) is 25.0 Å². The molecular formula is C14H16N3OS. The van der Waals surface area contributed by atoms with E-state index in [4.69, 9.17) is 0 Å². The Balaban J connectivity index is 1.95. The highest BCUT2D eigenvalue weighted by atomic mass is 32.1. The Hall–Kier alpha value is -1.72. The van der Waals surface area contributed by atoms with Gasteiger partial charge >= 0.3 is 0 Å². The summed E-state index contributed by atoms with van der Waals surface area (Å²) in [7, 11) is 0. The SMILES string of the molecule is Cc1sc(NCCNC[C]=O)nc1-c1ccccc1. The maximum atomic E-state index is 10.0. The fourth-order valence-corrected chi connectivity index (χ4v) is 2.59. The predicted octanol–water partition coefficient (Wildman–Crippen LogP) is 2.23. The smallest absolute Gasteiger partial charge is 0.213 e. The predicted molar refractivity (Wildman–Crippen MR) is 79.3 cm³/mol. The first-order valence-corrected chi connectivity index (χ1v) is 6.95. The van der Waals surface area contributed by atoms with E-state index in [9.17, 15) is 4.79 Å². The van der Waals surface area contributed by atoms with Crippen molar-refractivity contribution in [2.24, 2.45) is 0 Å². The number of anilines is 1. The Morgan fingerprint density at radius 2 is 2.05 bits per heavy atom. The molecule has 0 saturated carbocycles. The van der Waals surface area contributed by atoms with Gasteiger partial charge in [-0.1, -0.05) is 30.3 Å². The minimum atomic E-state index is 0.272. The molecule has 0 aliphatic carbocycles. The Labute approximate surface area is 116 Å². The summed E-state index contributed by atoms with van der Waals surface area (Å²) < 4.78 is 0. The van der Waals surface area contributed by atoms with Crippen molar-refractivity contribution < 1.29 is 4.79 Å². The lowest BCUT2D eigenvalue weighted by molar-refractivity contribution is 0.549. The molecule has 2 rings (SSSR count). The van der Waals surface area contributed by atoms with E-state index in [2.05, 4.69) is 34.7 Å². The maximum Gasteiger partial charge on any atom is 0.213 e. The molecule has 0 aliphatic rings. The summed E-state index contributed by atoms with van der Waals surface area (Å²) in [6.07, 6.45) is 1.80. The van der Waals surface area contributed by atoms with Crippen molar-refractivity contribution in [2.45, 2.75) is 6.92 Å². The first-order chi connectivity index (χ1) is 9.31. The molecule has 2 aromatic rings. The molecule has 0 bridgehead atoms. The van der Waals surface area contributed by atoms with Gasteiger partial charge in [0.25, 0.3) is 0 Å². The summed E-state index contributed by atoms with van der Waals surface area (Å²) in [5.74, 6) is 0. The molecule has 0 amide bonds. The van der Waals surface area contributed by atoms with Crippen LogP contribution in [0.15, 0.2) is 30.3 Å². The molecular weight excluding hydrogens is 258 g/mol. The quantitative estimate of drug-likeness (QED) is 0.760. The molecule has 1 radical (unpaired) electrons. The number of aromatic nitrogens is 1. The Morgan fingerprint density at radius 1 is 1.26 bits per heavy atom. The van der Waals surface area contributed by atoms with Gasteiger partial charge in [0, 0.05) is 23.5 Å². The minimum Gasteiger partial charge on any atom is -0.360 e. The molecule has 0 aliphatic heterocycles. The van der Waals surface area contributed by atoms with Gasteiger partial charge in [-0.2, -0.15) is 0 Å². The highest BCUT2D eigenvalue weighted by Gasteiger charge is 2.08. The lowest BCUT2D eigenvalue weighted by Gasteiger charge is -2.01. The van der Waals surface area contributed by atoms with Crippen LogP contribution in [0.1, 0.15) is 4.88 Å². The van der Waals surface area contributed by atoms with E-state index in [0.717, 1.165) is 22.9 Å². The molecule has 19 heavy (non-hydrogen) atoms. The summed E-state index contributed by atoms with van der Waals surface area (Å²) in [5, 5.41) is 7.11. The van der Waals surface area contributed by atoms with E-state index in [0.29, 0.717) is 6.54 Å². The standard InChI is InChI=1S/C14H16N3OS/c1-11-13(12-5-3-2-4-6-12)17-14(19-11)16-8-7-15-9-10-18/h2-6,15H,7-9H2,1H3,(H,16,17). The molecule has 1 aromatic heterocycles. The van der Waals surface area contributed by atoms with Crippen LogP contribution in [0.5, 0.6) is 0 Å². The molecule has 0 fully saturated rings. The van der Waals surface area contributed by atoms with E-state index < -0.39 is 0 Å². The zero-order chi connectivity index (χ0) is 13.5. The lowest BCUT2D eigenvalue weighted by Crippen LogP contribution is -2.23. The number of hydrogen-bond donors (Lipinski definition) is 2. The zero-order valence-electron chi connectivity index (χ0n) is 10.8. The third-order valence-corrected chi connectivity index (χ3v) is 3.55. The van der Waals surface area contributed by atoms with Crippen LogP contribution in [-0.2, 0) is 4.79 Å². The average molecular weight is 274 g/mol. The summed E-state index contributed by atoms with van der Waals surface area (Å²) in [6, 6.07) is 10.2. The first kappa shape index (κ1) is 13.7. The Bertz CT molecular complexity index is 525. The van der Waals surface area contributed by atoms with Crippen molar-refractivity contribution in [1.82, 2.24) is 10.3 Å². The van der Waals surface area contributed by atoms with Crippen LogP contribution < -0.4 is 10.6 Å². The van der Waals surface area contributed by atoms with Gasteiger partial charge in [-0.05, 0) is 6.92 Å². The van der Waals surface area contributed by atoms with E-state index in [-0.39, 0.29) is 6.54 Å². The highest BCUT2D eigenvalue weighted by molar-refractivity contribution is 7.16. The van der Waals surface area contributed by atoms with E-state index in [1.54, 1.807) is 17.6 Å². The molecule has 1 aromatic carbocycles. The van der Waals surface area contributed by atoms with Gasteiger partial charge < -0.3 is 10.6 Å². The van der Waals surface area contributed by atoms with Crippen molar-refractivity contribution in [3.05, 3.63) is 35.2 Å². The normalized spacial score (nSPS) is 10.4. The fraction of sp³-hybridized carbons (Fsp3) is 0.286. The minimum absolute atomic E-state index is 0.272. The fourth-order valence-electron chi connectivity index (χ4n) is 1.73. The number of thiazole rings is 1. The molecule has 0 spiro atoms. The van der Waals surface area contributed by atoms with Crippen molar-refractivity contribution in [1.29, 1.82) is 0 Å². The summed E-state index contributed by atoms with van der Waals surface area (Å²) in [5.41, 5.74) is 2.17. The summed E-state index contributed by atoms with van der Waals surface area (Å²) in [4.78, 5) is 15.8. The molecule has 2 N–H and O–H groups in total. The Kier molecular flexibility index (Phi) is 5.06. The van der Waals surface area contributed by atoms with Crippen LogP contribution in [0, 0.1) is 6.92 Å². The topological polar surface area (TPSA) is 54.0 Å². The molecule has 0 saturated heterocycles. The zero-order valence-corrected chi connectivity index (χ0v) is 11.6. The number of benzene rings is 1. The lowest BCUT2D eigenvalue weighted by atomic mass is 10.1. The van der Waals surface area contributed by atoms with Crippen LogP contribution in [0.25, 0.3) is 11.3 Å². The van der Waals surface area contributed by atoms with Gasteiger partial charge in [0.1, 0.15) is 0 Å². The average Bonchev–Trinajstić information content (AvgIpc) is 2.81. The monoisotopic (exact) mass is 274 g/mol. The summed E-state index contributed by atoms with van der Waals surface area (Å²) >= 11 is 1.65. The second-order valence-electron chi connectivity index (χ2n) is 4.04. The number of nitrogens with zero attached hydrogens (tertiary/aromatic N) is 1. The number of aryl methyl sites for hydroxylation is 1. The molecule has 5 heteroatoms. The number of hydrogen-bond acceptors (Lipinski definition) is 5. The van der Waals surface area contributed by atoms with Crippen LogP contribution in [0.4, 0.5) is 5.13 Å². The van der Waals surface area contributed by atoms with E-state index in [1.165, 1.54) is 4.88 Å². The van der Waals surface area contributed by atoms with Crippen molar-refractivity contribution in [3.8, 4) is 11.3 Å². The first-order valence-electron chi connectivity index (χ1n) is 6.13. The van der Waals surface area contributed by atoms with Gasteiger partial charge in [-0.25, -0.2) is 4.98 Å². The van der Waals surface area contributed by atoms with Crippen LogP contribution in [0.3, 0.4) is 0 Å². The third-order valence-electron chi connectivity index (χ3n) is 2.62. The van der Waals surface area contributed by atoms with Crippen LogP contribution in [0.2, 0.25) is 0 Å². The summed E-state index contributed by atoms with van der Waals surface area (Å²) in [6.45, 7) is 3.80. The number of carbonyl (C=O) groups excluding carboxylic acids is 1. The second-order valence-corrected chi connectivity index (χ2v) is 5.24. The van der Waals surface area contributed by atoms with Gasteiger partial charge in [-0.15, -0.1) is 11.3 Å². The largest absolute Gasteiger partial charge is 0.360 e. The highest BCUT2D eigenvalue weighted by Crippen LogP contribution is 2.29. The molecule has 1 heterocycles. The van der Waals surface area contributed by atoms with Gasteiger partial charge in [0.05, 0.1) is 12.2 Å². The molecule has 0 unspecified atom stereocenters. The Morgan fingerprint density at radius 3 is 2.79 bits per heavy atom. The number of nitrogens with one attached hydrogen (secondary N) is 2. The van der Waals surface area contributed by atoms with Gasteiger partial charge in [-0.3, -0.25) is 4.79 Å². The molecule has 99 valence electrons. The van der Waals surface area contributed by atoms with E-state index in [1.807, 2.05) is 18.2 Å². The van der Waals surface area contributed by atoms with Crippen molar-refractivity contribution in [3.63, 3.8) is 0 Å². The van der Waals surface area contributed by atoms with E-state index >= 15 is 0 Å². The molecule has 0 atom stereocenters. The molecule has 4 nitrogen and oxygen atoms in total.